The quantitative estimate of drug-likeness (QED) is 0.625. The number of ether oxygens (including phenoxy) is 1. The summed E-state index contributed by atoms with van der Waals surface area (Å²) in [6.07, 6.45) is 2.72. The molecular weight excluding hydrogens is 260 g/mol. The predicted molar refractivity (Wildman–Crippen MR) is 79.6 cm³/mol. The second-order valence-electron chi connectivity index (χ2n) is 4.55. The number of aromatic nitrogens is 1. The maximum absolute atomic E-state index is 6.07. The van der Waals surface area contributed by atoms with E-state index in [9.17, 15) is 0 Å². The third-order valence-electron chi connectivity index (χ3n) is 2.98. The number of hydrogen-bond donors (Lipinski definition) is 1. The van der Waals surface area contributed by atoms with Gasteiger partial charge in [-0.15, -0.1) is 11.6 Å². The summed E-state index contributed by atoms with van der Waals surface area (Å²) in [7, 11) is 1.67. The number of nitrogens with zero attached hydrogens (tertiary/aromatic N) is 1. The molecule has 0 spiro atoms. The lowest BCUT2D eigenvalue weighted by Gasteiger charge is -2.09. The molecule has 0 fully saturated rings. The normalized spacial score (nSPS) is 12.7. The first-order valence-corrected chi connectivity index (χ1v) is 6.90. The Morgan fingerprint density at radius 1 is 1.37 bits per heavy atom. The van der Waals surface area contributed by atoms with Gasteiger partial charge in [0.25, 0.3) is 0 Å². The highest BCUT2D eigenvalue weighted by Crippen LogP contribution is 2.13. The Morgan fingerprint density at radius 3 is 3.11 bits per heavy atom. The van der Waals surface area contributed by atoms with Crippen molar-refractivity contribution < 1.29 is 4.74 Å². The Bertz CT molecular complexity index is 518. The fourth-order valence-corrected chi connectivity index (χ4v) is 2.23. The molecule has 4 heteroatoms. The van der Waals surface area contributed by atoms with Crippen molar-refractivity contribution in [1.82, 2.24) is 10.3 Å². The van der Waals surface area contributed by atoms with Crippen LogP contribution in [0.25, 0.3) is 10.9 Å². The lowest BCUT2D eigenvalue weighted by molar-refractivity contribution is 0.195. The molecule has 3 nitrogen and oxygen atoms in total. The zero-order chi connectivity index (χ0) is 13.5. The lowest BCUT2D eigenvalue weighted by atomic mass is 10.1. The summed E-state index contributed by atoms with van der Waals surface area (Å²) in [6, 6.07) is 10.4. The van der Waals surface area contributed by atoms with E-state index < -0.39 is 0 Å². The average molecular weight is 279 g/mol. The van der Waals surface area contributed by atoms with Crippen LogP contribution in [0.3, 0.4) is 0 Å². The van der Waals surface area contributed by atoms with Crippen LogP contribution in [0.15, 0.2) is 36.5 Å². The third-order valence-corrected chi connectivity index (χ3v) is 3.32. The number of rotatable bonds is 7. The van der Waals surface area contributed by atoms with Gasteiger partial charge in [0.15, 0.2) is 0 Å². The Morgan fingerprint density at radius 2 is 2.26 bits per heavy atom. The number of fused-ring (bicyclic) bond motifs is 1. The summed E-state index contributed by atoms with van der Waals surface area (Å²) >= 11 is 6.07. The van der Waals surface area contributed by atoms with Crippen molar-refractivity contribution in [3.63, 3.8) is 0 Å². The van der Waals surface area contributed by atoms with Gasteiger partial charge in [0.05, 0.1) is 17.5 Å². The molecule has 0 bridgehead atoms. The predicted octanol–water partition coefficient (Wildman–Crippen LogP) is 2.97. The van der Waals surface area contributed by atoms with Gasteiger partial charge in [-0.25, -0.2) is 0 Å². The smallest absolute Gasteiger partial charge is 0.0702 e. The molecule has 1 aromatic carbocycles. The van der Waals surface area contributed by atoms with Crippen molar-refractivity contribution in [2.75, 3.05) is 20.3 Å². The molecule has 1 aromatic heterocycles. The Kier molecular flexibility index (Phi) is 5.58. The van der Waals surface area contributed by atoms with Gasteiger partial charge < -0.3 is 10.1 Å². The average Bonchev–Trinajstić information content (AvgIpc) is 2.44. The highest BCUT2D eigenvalue weighted by atomic mass is 35.5. The van der Waals surface area contributed by atoms with Crippen LogP contribution in [0.1, 0.15) is 12.0 Å². The van der Waals surface area contributed by atoms with Crippen LogP contribution in [-0.4, -0.2) is 30.6 Å². The Labute approximate surface area is 118 Å². The van der Waals surface area contributed by atoms with Gasteiger partial charge >= 0.3 is 0 Å². The van der Waals surface area contributed by atoms with Crippen molar-refractivity contribution in [3.8, 4) is 0 Å². The van der Waals surface area contributed by atoms with E-state index in [-0.39, 0.29) is 5.38 Å². The first-order chi connectivity index (χ1) is 9.29. The molecule has 102 valence electrons. The summed E-state index contributed by atoms with van der Waals surface area (Å²) in [5.41, 5.74) is 2.30. The fraction of sp³-hybridized carbons (Fsp3) is 0.400. The molecule has 19 heavy (non-hydrogen) atoms. The Hall–Kier alpha value is -1.16. The molecule has 0 radical (unpaired) electrons. The molecule has 2 rings (SSSR count). The zero-order valence-electron chi connectivity index (χ0n) is 11.1. The van der Waals surface area contributed by atoms with Crippen molar-refractivity contribution in [3.05, 3.63) is 42.1 Å². The fourth-order valence-electron chi connectivity index (χ4n) is 1.99. The summed E-state index contributed by atoms with van der Waals surface area (Å²) in [5.74, 6) is 0. The highest BCUT2D eigenvalue weighted by Gasteiger charge is 2.03. The summed E-state index contributed by atoms with van der Waals surface area (Å²) in [6.45, 7) is 2.34. The lowest BCUT2D eigenvalue weighted by Crippen LogP contribution is -2.20. The number of nitrogens with one attached hydrogen (secondary N) is 1. The van der Waals surface area contributed by atoms with E-state index >= 15 is 0 Å². The summed E-state index contributed by atoms with van der Waals surface area (Å²) < 4.78 is 5.00. The van der Waals surface area contributed by atoms with Crippen molar-refractivity contribution in [2.24, 2.45) is 0 Å². The van der Waals surface area contributed by atoms with Gasteiger partial charge in [0.2, 0.25) is 0 Å². The maximum atomic E-state index is 6.07. The van der Waals surface area contributed by atoms with E-state index in [1.165, 1.54) is 10.9 Å². The number of halogens is 1. The van der Waals surface area contributed by atoms with Crippen LogP contribution in [-0.2, 0) is 11.3 Å². The first kappa shape index (κ1) is 14.3. The second-order valence-corrected chi connectivity index (χ2v) is 5.17. The van der Waals surface area contributed by atoms with E-state index in [4.69, 9.17) is 16.3 Å². The van der Waals surface area contributed by atoms with E-state index in [0.29, 0.717) is 6.61 Å². The molecule has 0 saturated heterocycles. The topological polar surface area (TPSA) is 34.1 Å². The van der Waals surface area contributed by atoms with Gasteiger partial charge in [-0.1, -0.05) is 12.1 Å². The van der Waals surface area contributed by atoms with E-state index in [0.717, 1.165) is 25.0 Å². The van der Waals surface area contributed by atoms with Crippen LogP contribution in [0.5, 0.6) is 0 Å². The van der Waals surface area contributed by atoms with Crippen molar-refractivity contribution >= 4 is 22.5 Å². The largest absolute Gasteiger partial charge is 0.383 e. The molecule has 0 saturated carbocycles. The molecule has 1 atom stereocenters. The van der Waals surface area contributed by atoms with Gasteiger partial charge in [0, 0.05) is 25.2 Å². The van der Waals surface area contributed by atoms with Crippen LogP contribution in [0.4, 0.5) is 0 Å². The highest BCUT2D eigenvalue weighted by molar-refractivity contribution is 6.20. The minimum absolute atomic E-state index is 0.0818. The molecule has 0 amide bonds. The molecule has 0 aliphatic heterocycles. The van der Waals surface area contributed by atoms with Crippen LogP contribution in [0, 0.1) is 0 Å². The second kappa shape index (κ2) is 7.43. The standard InChI is InChI=1S/C15H19ClN2O/c1-19-11-14(16)6-8-17-10-12-4-5-15-13(9-12)3-2-7-18-15/h2-5,7,9,14,17H,6,8,10-11H2,1H3. The Balaban J connectivity index is 1.81. The molecule has 1 unspecified atom stereocenters. The first-order valence-electron chi connectivity index (χ1n) is 6.47. The summed E-state index contributed by atoms with van der Waals surface area (Å²) in [4.78, 5) is 4.31. The molecule has 1 heterocycles. The van der Waals surface area contributed by atoms with Gasteiger partial charge in [-0.2, -0.15) is 0 Å². The van der Waals surface area contributed by atoms with Gasteiger partial charge in [-0.05, 0) is 36.7 Å². The van der Waals surface area contributed by atoms with Crippen molar-refractivity contribution in [1.29, 1.82) is 0 Å². The maximum Gasteiger partial charge on any atom is 0.0702 e. The number of hydrogen-bond acceptors (Lipinski definition) is 3. The molecule has 0 aliphatic carbocycles. The molecular formula is C15H19ClN2O. The number of pyridine rings is 1. The number of benzene rings is 1. The molecule has 1 N–H and O–H groups in total. The van der Waals surface area contributed by atoms with E-state index in [1.807, 2.05) is 12.3 Å². The molecule has 2 aromatic rings. The van der Waals surface area contributed by atoms with Gasteiger partial charge in [0.1, 0.15) is 0 Å². The SMILES string of the molecule is COCC(Cl)CCNCc1ccc2ncccc2c1. The summed E-state index contributed by atoms with van der Waals surface area (Å²) in [5, 5.41) is 4.65. The third kappa shape index (κ3) is 4.46. The minimum atomic E-state index is 0.0818. The van der Waals surface area contributed by atoms with Gasteiger partial charge in [-0.3, -0.25) is 4.98 Å². The zero-order valence-corrected chi connectivity index (χ0v) is 11.9. The van der Waals surface area contributed by atoms with E-state index in [1.54, 1.807) is 7.11 Å². The van der Waals surface area contributed by atoms with Crippen LogP contribution < -0.4 is 5.32 Å². The van der Waals surface area contributed by atoms with E-state index in [2.05, 4.69) is 34.6 Å². The minimum Gasteiger partial charge on any atom is -0.383 e. The van der Waals surface area contributed by atoms with Crippen LogP contribution in [0.2, 0.25) is 0 Å². The van der Waals surface area contributed by atoms with Crippen LogP contribution >= 0.6 is 11.6 Å². The monoisotopic (exact) mass is 278 g/mol. The molecule has 0 aliphatic rings. The number of methoxy groups -OCH3 is 1. The number of alkyl halides is 1. The van der Waals surface area contributed by atoms with Crippen molar-refractivity contribution in [2.45, 2.75) is 18.3 Å².